The number of aliphatic imine (C=N–C) groups is 1. The molecule has 1 atom stereocenters. The van der Waals surface area contributed by atoms with Gasteiger partial charge in [-0.15, -0.1) is 0 Å². The Morgan fingerprint density at radius 1 is 1.38 bits per heavy atom. The Morgan fingerprint density at radius 3 is 2.81 bits per heavy atom. The van der Waals surface area contributed by atoms with Gasteiger partial charge in [0, 0.05) is 17.7 Å². The lowest BCUT2D eigenvalue weighted by Crippen LogP contribution is -2.12. The van der Waals surface area contributed by atoms with Crippen molar-refractivity contribution in [3.05, 3.63) is 17.7 Å². The van der Waals surface area contributed by atoms with Gasteiger partial charge in [0.05, 0.1) is 26.2 Å². The molecule has 1 heterocycles. The number of nitrogens with zero attached hydrogens (tertiary/aromatic N) is 1. The SMILES string of the molecule is COc1cc2c(c(OC)c1)C(C=O)N=CN2. The number of benzene rings is 1. The average Bonchev–Trinajstić information content (AvgIpc) is 2.36. The molecule has 16 heavy (non-hydrogen) atoms. The molecule has 84 valence electrons. The maximum Gasteiger partial charge on any atom is 0.149 e. The second kappa shape index (κ2) is 4.22. The highest BCUT2D eigenvalue weighted by Gasteiger charge is 2.22. The van der Waals surface area contributed by atoms with Gasteiger partial charge in [-0.3, -0.25) is 4.99 Å². The van der Waals surface area contributed by atoms with Gasteiger partial charge < -0.3 is 19.6 Å². The predicted octanol–water partition coefficient (Wildman–Crippen LogP) is 1.40. The second-order valence-corrected chi connectivity index (χ2v) is 3.29. The summed E-state index contributed by atoms with van der Waals surface area (Å²) in [7, 11) is 3.13. The lowest BCUT2D eigenvalue weighted by molar-refractivity contribution is -0.108. The minimum absolute atomic E-state index is 0.517. The highest BCUT2D eigenvalue weighted by molar-refractivity contribution is 5.87. The molecule has 0 spiro atoms. The number of hydrogen-bond donors (Lipinski definition) is 1. The summed E-state index contributed by atoms with van der Waals surface area (Å²) in [6.45, 7) is 0. The standard InChI is InChI=1S/C11H12N2O3/c1-15-7-3-8-11(10(4-7)16-2)9(5-14)13-6-12-8/h3-6,9H,1-2H3,(H,12,13). The number of rotatable bonds is 3. The number of anilines is 1. The summed E-state index contributed by atoms with van der Waals surface area (Å²) in [5, 5.41) is 2.97. The van der Waals surface area contributed by atoms with E-state index < -0.39 is 6.04 Å². The summed E-state index contributed by atoms with van der Waals surface area (Å²) in [5.74, 6) is 1.26. The number of ether oxygens (including phenoxy) is 2. The van der Waals surface area contributed by atoms with Crippen LogP contribution in [0.25, 0.3) is 0 Å². The van der Waals surface area contributed by atoms with Crippen LogP contribution in [-0.4, -0.2) is 26.8 Å². The Morgan fingerprint density at radius 2 is 2.19 bits per heavy atom. The van der Waals surface area contributed by atoms with Crippen LogP contribution in [0.15, 0.2) is 17.1 Å². The molecule has 0 fully saturated rings. The van der Waals surface area contributed by atoms with E-state index in [1.807, 2.05) is 0 Å². The van der Waals surface area contributed by atoms with Crippen LogP contribution in [0.5, 0.6) is 11.5 Å². The molecule has 1 aromatic rings. The first-order valence-electron chi connectivity index (χ1n) is 4.79. The number of carbonyl (C=O) groups is 1. The van der Waals surface area contributed by atoms with Gasteiger partial charge in [0.15, 0.2) is 0 Å². The maximum absolute atomic E-state index is 10.9. The molecule has 1 unspecified atom stereocenters. The van der Waals surface area contributed by atoms with Gasteiger partial charge in [0.1, 0.15) is 23.8 Å². The van der Waals surface area contributed by atoms with E-state index in [0.29, 0.717) is 11.5 Å². The molecule has 0 bridgehead atoms. The van der Waals surface area contributed by atoms with Crippen LogP contribution in [-0.2, 0) is 4.79 Å². The number of nitrogens with one attached hydrogen (secondary N) is 1. The molecule has 1 N–H and O–H groups in total. The Bertz CT molecular complexity index is 443. The fourth-order valence-electron chi connectivity index (χ4n) is 1.68. The number of carbonyl (C=O) groups excluding carboxylic acids is 1. The molecule has 0 aromatic heterocycles. The smallest absolute Gasteiger partial charge is 0.149 e. The van der Waals surface area contributed by atoms with Crippen molar-refractivity contribution >= 4 is 18.3 Å². The zero-order valence-electron chi connectivity index (χ0n) is 9.06. The van der Waals surface area contributed by atoms with E-state index in [9.17, 15) is 4.79 Å². The second-order valence-electron chi connectivity index (χ2n) is 3.29. The van der Waals surface area contributed by atoms with Crippen LogP contribution in [0.1, 0.15) is 11.6 Å². The van der Waals surface area contributed by atoms with Crippen molar-refractivity contribution < 1.29 is 14.3 Å². The Hall–Kier alpha value is -2.04. The molecule has 0 aliphatic carbocycles. The number of hydrogen-bond acceptors (Lipinski definition) is 5. The van der Waals surface area contributed by atoms with E-state index >= 15 is 0 Å². The topological polar surface area (TPSA) is 59.9 Å². The Balaban J connectivity index is 2.57. The van der Waals surface area contributed by atoms with Crippen molar-refractivity contribution in [2.45, 2.75) is 6.04 Å². The zero-order valence-corrected chi connectivity index (χ0v) is 9.06. The third kappa shape index (κ3) is 1.60. The summed E-state index contributed by atoms with van der Waals surface area (Å²) >= 11 is 0. The molecule has 0 amide bonds. The number of aldehydes is 1. The van der Waals surface area contributed by atoms with Crippen molar-refractivity contribution in [2.75, 3.05) is 19.5 Å². The fourth-order valence-corrected chi connectivity index (χ4v) is 1.68. The minimum atomic E-state index is -0.517. The third-order valence-corrected chi connectivity index (χ3v) is 2.45. The van der Waals surface area contributed by atoms with Gasteiger partial charge in [-0.1, -0.05) is 0 Å². The van der Waals surface area contributed by atoms with Crippen LogP contribution >= 0.6 is 0 Å². The van der Waals surface area contributed by atoms with Crippen LogP contribution in [0.2, 0.25) is 0 Å². The number of fused-ring (bicyclic) bond motifs is 1. The first-order chi connectivity index (χ1) is 7.80. The Kier molecular flexibility index (Phi) is 2.76. The minimum Gasteiger partial charge on any atom is -0.497 e. The van der Waals surface area contributed by atoms with Crippen LogP contribution in [0.4, 0.5) is 5.69 Å². The van der Waals surface area contributed by atoms with Crippen LogP contribution in [0, 0.1) is 0 Å². The van der Waals surface area contributed by atoms with Crippen molar-refractivity contribution in [3.63, 3.8) is 0 Å². The largest absolute Gasteiger partial charge is 0.497 e. The normalized spacial score (nSPS) is 17.2. The summed E-state index contributed by atoms with van der Waals surface area (Å²) < 4.78 is 10.4. The van der Waals surface area contributed by atoms with Gasteiger partial charge in [0.2, 0.25) is 0 Å². The van der Waals surface area contributed by atoms with Crippen LogP contribution < -0.4 is 14.8 Å². The van der Waals surface area contributed by atoms with E-state index in [2.05, 4.69) is 10.3 Å². The molecule has 5 nitrogen and oxygen atoms in total. The molecule has 1 aromatic carbocycles. The van der Waals surface area contributed by atoms with E-state index in [-0.39, 0.29) is 0 Å². The molecular formula is C11H12N2O3. The van der Waals surface area contributed by atoms with Crippen molar-refractivity contribution in [3.8, 4) is 11.5 Å². The van der Waals surface area contributed by atoms with E-state index in [1.54, 1.807) is 26.4 Å². The van der Waals surface area contributed by atoms with Crippen molar-refractivity contribution in [1.29, 1.82) is 0 Å². The first-order valence-corrected chi connectivity index (χ1v) is 4.79. The first kappa shape index (κ1) is 10.5. The van der Waals surface area contributed by atoms with Gasteiger partial charge in [0.25, 0.3) is 0 Å². The average molecular weight is 220 g/mol. The summed E-state index contributed by atoms with van der Waals surface area (Å²) in [5.41, 5.74) is 1.52. The lowest BCUT2D eigenvalue weighted by atomic mass is 10.0. The lowest BCUT2D eigenvalue weighted by Gasteiger charge is -2.20. The van der Waals surface area contributed by atoms with E-state index in [0.717, 1.165) is 17.5 Å². The zero-order chi connectivity index (χ0) is 11.5. The fraction of sp³-hybridized carbons (Fsp3) is 0.273. The quantitative estimate of drug-likeness (QED) is 0.782. The van der Waals surface area contributed by atoms with E-state index in [4.69, 9.17) is 9.47 Å². The highest BCUT2D eigenvalue weighted by Crippen LogP contribution is 2.38. The predicted molar refractivity (Wildman–Crippen MR) is 60.5 cm³/mol. The Labute approximate surface area is 93.1 Å². The van der Waals surface area contributed by atoms with Gasteiger partial charge in [-0.2, -0.15) is 0 Å². The number of methoxy groups -OCH3 is 2. The highest BCUT2D eigenvalue weighted by atomic mass is 16.5. The van der Waals surface area contributed by atoms with Crippen LogP contribution in [0.3, 0.4) is 0 Å². The summed E-state index contributed by atoms with van der Waals surface area (Å²) in [4.78, 5) is 14.9. The third-order valence-electron chi connectivity index (χ3n) is 2.45. The summed E-state index contributed by atoms with van der Waals surface area (Å²) in [6, 6.07) is 3.02. The summed E-state index contributed by atoms with van der Waals surface area (Å²) in [6.07, 6.45) is 2.28. The van der Waals surface area contributed by atoms with Crippen molar-refractivity contribution in [1.82, 2.24) is 0 Å². The molecular weight excluding hydrogens is 208 g/mol. The molecule has 1 aliphatic heterocycles. The van der Waals surface area contributed by atoms with Gasteiger partial charge in [-0.05, 0) is 0 Å². The molecule has 0 saturated heterocycles. The van der Waals surface area contributed by atoms with Crippen molar-refractivity contribution in [2.24, 2.45) is 4.99 Å². The molecule has 5 heteroatoms. The molecule has 0 saturated carbocycles. The monoisotopic (exact) mass is 220 g/mol. The molecule has 2 rings (SSSR count). The van der Waals surface area contributed by atoms with E-state index in [1.165, 1.54) is 6.34 Å². The molecule has 1 aliphatic rings. The molecule has 0 radical (unpaired) electrons. The maximum atomic E-state index is 10.9. The van der Waals surface area contributed by atoms with Gasteiger partial charge >= 0.3 is 0 Å². The van der Waals surface area contributed by atoms with Gasteiger partial charge in [-0.25, -0.2) is 0 Å².